The van der Waals surface area contributed by atoms with Crippen molar-refractivity contribution in [2.45, 2.75) is 6.54 Å². The second-order valence-corrected chi connectivity index (χ2v) is 3.40. The lowest BCUT2D eigenvalue weighted by atomic mass is 10.2. The summed E-state index contributed by atoms with van der Waals surface area (Å²) >= 11 is 0. The number of ether oxygens (including phenoxy) is 1. The number of rotatable bonds is 5. The summed E-state index contributed by atoms with van der Waals surface area (Å²) in [4.78, 5) is 18.3. The molecule has 2 rings (SSSR count). The molecule has 0 unspecified atom stereocenters. The number of aromatic carboxylic acids is 1. The van der Waals surface area contributed by atoms with E-state index in [1.807, 2.05) is 0 Å². The van der Waals surface area contributed by atoms with Crippen molar-refractivity contribution in [1.82, 2.24) is 9.97 Å². The summed E-state index contributed by atoms with van der Waals surface area (Å²) < 4.78 is 9.94. The summed E-state index contributed by atoms with van der Waals surface area (Å²) in [6, 6.07) is 3.72. The Morgan fingerprint density at radius 3 is 3.11 bits per heavy atom. The van der Waals surface area contributed by atoms with Gasteiger partial charge in [0, 0.05) is 18.8 Å². The van der Waals surface area contributed by atoms with Crippen LogP contribution < -0.4 is 10.1 Å². The number of nitrogens with zero attached hydrogens (tertiary/aromatic N) is 2. The van der Waals surface area contributed by atoms with E-state index in [-0.39, 0.29) is 11.7 Å². The number of hydrogen-bond acceptors (Lipinski definition) is 6. The van der Waals surface area contributed by atoms with Crippen molar-refractivity contribution in [2.24, 2.45) is 0 Å². The van der Waals surface area contributed by atoms with Crippen molar-refractivity contribution in [1.29, 1.82) is 0 Å². The molecule has 0 atom stereocenters. The van der Waals surface area contributed by atoms with Crippen LogP contribution in [0.2, 0.25) is 0 Å². The first-order valence-electron chi connectivity index (χ1n) is 5.10. The molecule has 0 aliphatic carbocycles. The van der Waals surface area contributed by atoms with E-state index in [4.69, 9.17) is 14.3 Å². The lowest BCUT2D eigenvalue weighted by molar-refractivity contribution is 0.0690. The zero-order valence-corrected chi connectivity index (χ0v) is 9.58. The Morgan fingerprint density at radius 1 is 1.61 bits per heavy atom. The number of oxazole rings is 1. The standard InChI is InChI=1S/C11H11N3O4/c1-17-9-4-7(2-3-12-9)5-13-11-14-8(6-18-11)10(15)16/h2-4,6H,5H2,1H3,(H,13,14)(H,15,16). The maximum atomic E-state index is 10.6. The van der Waals surface area contributed by atoms with Gasteiger partial charge < -0.3 is 19.6 Å². The van der Waals surface area contributed by atoms with Gasteiger partial charge in [0.05, 0.1) is 7.11 Å². The molecule has 2 heterocycles. The maximum Gasteiger partial charge on any atom is 0.357 e. The highest BCUT2D eigenvalue weighted by atomic mass is 16.5. The molecule has 18 heavy (non-hydrogen) atoms. The summed E-state index contributed by atoms with van der Waals surface area (Å²) in [6.45, 7) is 0.429. The number of aromatic nitrogens is 2. The number of hydrogen-bond donors (Lipinski definition) is 2. The van der Waals surface area contributed by atoms with Crippen LogP contribution in [0.5, 0.6) is 5.88 Å². The van der Waals surface area contributed by atoms with E-state index in [0.29, 0.717) is 12.4 Å². The zero-order chi connectivity index (χ0) is 13.0. The summed E-state index contributed by atoms with van der Waals surface area (Å²) in [5.41, 5.74) is 0.779. The number of carbonyl (C=O) groups is 1. The SMILES string of the molecule is COc1cc(CNc2nc(C(=O)O)co2)ccn1. The molecular weight excluding hydrogens is 238 g/mol. The fourth-order valence-corrected chi connectivity index (χ4v) is 1.30. The highest BCUT2D eigenvalue weighted by Gasteiger charge is 2.09. The second-order valence-electron chi connectivity index (χ2n) is 3.40. The van der Waals surface area contributed by atoms with Crippen LogP contribution >= 0.6 is 0 Å². The van der Waals surface area contributed by atoms with E-state index >= 15 is 0 Å². The van der Waals surface area contributed by atoms with Crippen LogP contribution in [0.25, 0.3) is 0 Å². The van der Waals surface area contributed by atoms with Gasteiger partial charge in [0.1, 0.15) is 6.26 Å². The number of carboxylic acids is 1. The van der Waals surface area contributed by atoms with Crippen molar-refractivity contribution in [3.63, 3.8) is 0 Å². The first-order chi connectivity index (χ1) is 8.69. The first kappa shape index (κ1) is 11.9. The lowest BCUT2D eigenvalue weighted by Crippen LogP contribution is -2.02. The van der Waals surface area contributed by atoms with Gasteiger partial charge in [-0.15, -0.1) is 0 Å². The van der Waals surface area contributed by atoms with Crippen LogP contribution in [-0.4, -0.2) is 28.2 Å². The van der Waals surface area contributed by atoms with Gasteiger partial charge in [-0.3, -0.25) is 0 Å². The molecule has 0 saturated heterocycles. The summed E-state index contributed by atoms with van der Waals surface area (Å²) in [7, 11) is 1.53. The predicted molar refractivity (Wildman–Crippen MR) is 61.6 cm³/mol. The summed E-state index contributed by atoms with van der Waals surface area (Å²) in [5, 5.41) is 11.5. The molecule has 2 aromatic rings. The summed E-state index contributed by atoms with van der Waals surface area (Å²) in [6.07, 6.45) is 2.70. The third-order valence-corrected chi connectivity index (χ3v) is 2.18. The van der Waals surface area contributed by atoms with Crippen molar-refractivity contribution >= 4 is 12.0 Å². The quantitative estimate of drug-likeness (QED) is 0.826. The van der Waals surface area contributed by atoms with Crippen molar-refractivity contribution < 1.29 is 19.1 Å². The molecule has 7 heteroatoms. The highest BCUT2D eigenvalue weighted by Crippen LogP contribution is 2.12. The van der Waals surface area contributed by atoms with E-state index in [2.05, 4.69) is 15.3 Å². The Labute approximate surface area is 102 Å². The lowest BCUT2D eigenvalue weighted by Gasteiger charge is -2.03. The Hall–Kier alpha value is -2.57. The largest absolute Gasteiger partial charge is 0.481 e. The van der Waals surface area contributed by atoms with E-state index in [1.165, 1.54) is 7.11 Å². The second kappa shape index (κ2) is 5.17. The van der Waals surface area contributed by atoms with Gasteiger partial charge in [-0.1, -0.05) is 0 Å². The maximum absolute atomic E-state index is 10.6. The zero-order valence-electron chi connectivity index (χ0n) is 9.58. The molecular formula is C11H11N3O4. The number of nitrogens with one attached hydrogen (secondary N) is 1. The Balaban J connectivity index is 1.99. The van der Waals surface area contributed by atoms with E-state index in [1.54, 1.807) is 18.3 Å². The Kier molecular flexibility index (Phi) is 3.42. The number of anilines is 1. The topological polar surface area (TPSA) is 97.5 Å². The van der Waals surface area contributed by atoms with Crippen LogP contribution in [0.4, 0.5) is 6.01 Å². The van der Waals surface area contributed by atoms with Crippen LogP contribution in [0.3, 0.4) is 0 Å². The molecule has 7 nitrogen and oxygen atoms in total. The normalized spacial score (nSPS) is 10.1. The number of methoxy groups -OCH3 is 1. The molecule has 0 aromatic carbocycles. The average molecular weight is 249 g/mol. The van der Waals surface area contributed by atoms with Crippen LogP contribution in [0.15, 0.2) is 29.0 Å². The van der Waals surface area contributed by atoms with Crippen molar-refractivity contribution in [2.75, 3.05) is 12.4 Å². The molecule has 0 amide bonds. The smallest absolute Gasteiger partial charge is 0.357 e. The van der Waals surface area contributed by atoms with Crippen LogP contribution in [0.1, 0.15) is 16.1 Å². The summed E-state index contributed by atoms with van der Waals surface area (Å²) in [5.74, 6) is -0.620. The van der Waals surface area contributed by atoms with E-state index in [0.717, 1.165) is 11.8 Å². The van der Waals surface area contributed by atoms with Gasteiger partial charge in [0.15, 0.2) is 5.69 Å². The number of carboxylic acid groups (broad SMARTS) is 1. The molecule has 94 valence electrons. The number of pyridine rings is 1. The minimum absolute atomic E-state index is 0.134. The molecule has 0 saturated carbocycles. The third-order valence-electron chi connectivity index (χ3n) is 2.18. The fourth-order valence-electron chi connectivity index (χ4n) is 1.30. The van der Waals surface area contributed by atoms with E-state index in [9.17, 15) is 4.79 Å². The molecule has 0 aliphatic rings. The van der Waals surface area contributed by atoms with Gasteiger partial charge in [-0.2, -0.15) is 4.98 Å². The molecule has 2 aromatic heterocycles. The van der Waals surface area contributed by atoms with Gasteiger partial charge in [0.2, 0.25) is 5.88 Å². The molecule has 0 aliphatic heterocycles. The molecule has 0 radical (unpaired) electrons. The van der Waals surface area contributed by atoms with Gasteiger partial charge in [0.25, 0.3) is 6.01 Å². The average Bonchev–Trinajstić information content (AvgIpc) is 2.85. The van der Waals surface area contributed by atoms with Gasteiger partial charge >= 0.3 is 5.97 Å². The first-order valence-corrected chi connectivity index (χ1v) is 5.10. The van der Waals surface area contributed by atoms with Crippen LogP contribution in [0, 0.1) is 0 Å². The highest BCUT2D eigenvalue weighted by molar-refractivity contribution is 5.85. The Bertz CT molecular complexity index is 553. The minimum Gasteiger partial charge on any atom is -0.481 e. The van der Waals surface area contributed by atoms with E-state index < -0.39 is 5.97 Å². The molecule has 0 bridgehead atoms. The van der Waals surface area contributed by atoms with Crippen molar-refractivity contribution in [3.05, 3.63) is 35.9 Å². The van der Waals surface area contributed by atoms with Crippen molar-refractivity contribution in [3.8, 4) is 5.88 Å². The molecule has 0 fully saturated rings. The molecule has 0 spiro atoms. The predicted octanol–water partition coefficient (Wildman–Crippen LogP) is 1.39. The fraction of sp³-hybridized carbons (Fsp3) is 0.182. The van der Waals surface area contributed by atoms with Gasteiger partial charge in [-0.05, 0) is 11.6 Å². The third kappa shape index (κ3) is 2.76. The van der Waals surface area contributed by atoms with Gasteiger partial charge in [-0.25, -0.2) is 9.78 Å². The minimum atomic E-state index is -1.13. The Morgan fingerprint density at radius 2 is 2.44 bits per heavy atom. The van der Waals surface area contributed by atoms with Crippen LogP contribution in [-0.2, 0) is 6.54 Å². The molecule has 2 N–H and O–H groups in total. The monoisotopic (exact) mass is 249 g/mol.